The minimum Gasteiger partial charge on any atom is -0.452 e. The molecule has 0 aromatic heterocycles. The van der Waals surface area contributed by atoms with E-state index in [-0.39, 0.29) is 37.1 Å². The van der Waals surface area contributed by atoms with Crippen LogP contribution in [0, 0.1) is 5.92 Å². The molecule has 3 aliphatic heterocycles. The van der Waals surface area contributed by atoms with Crippen LogP contribution in [0.15, 0.2) is 36.9 Å². The number of carbonyl (C=O) groups excluding carboxylic acids is 4. The zero-order valence-corrected chi connectivity index (χ0v) is 17.7. The molecule has 1 aromatic rings. The molecule has 0 bridgehead atoms. The molecule has 0 spiro atoms. The third kappa shape index (κ3) is 3.40. The lowest BCUT2D eigenvalue weighted by Crippen LogP contribution is -2.68. The molecule has 1 atom stereocenters. The summed E-state index contributed by atoms with van der Waals surface area (Å²) in [6, 6.07) is 6.73. The van der Waals surface area contributed by atoms with E-state index in [1.165, 1.54) is 15.9 Å². The van der Waals surface area contributed by atoms with Gasteiger partial charge in [0.05, 0.1) is 11.3 Å². The molecule has 1 aromatic carbocycles. The van der Waals surface area contributed by atoms with Crippen LogP contribution in [0.25, 0.3) is 0 Å². The number of piperidine rings is 1. The van der Waals surface area contributed by atoms with Gasteiger partial charge < -0.3 is 14.5 Å². The van der Waals surface area contributed by atoms with Crippen molar-refractivity contribution < 1.29 is 23.9 Å². The smallest absolute Gasteiger partial charge is 0.354 e. The zero-order chi connectivity index (χ0) is 22.2. The number of benzene rings is 1. The van der Waals surface area contributed by atoms with E-state index in [9.17, 15) is 19.2 Å². The van der Waals surface area contributed by atoms with Crippen molar-refractivity contribution >= 4 is 29.4 Å². The van der Waals surface area contributed by atoms with Crippen molar-refractivity contribution in [1.82, 2.24) is 9.80 Å². The fourth-order valence-corrected chi connectivity index (χ4v) is 4.72. The second-order valence-corrected chi connectivity index (χ2v) is 8.41. The van der Waals surface area contributed by atoms with Gasteiger partial charge in [-0.15, -0.1) is 6.58 Å². The number of amides is 3. The number of ether oxygens (including phenoxy) is 1. The number of rotatable bonds is 5. The van der Waals surface area contributed by atoms with Crippen molar-refractivity contribution in [2.75, 3.05) is 31.1 Å². The van der Waals surface area contributed by atoms with Crippen LogP contribution in [-0.2, 0) is 19.1 Å². The van der Waals surface area contributed by atoms with Gasteiger partial charge in [-0.05, 0) is 30.9 Å². The molecule has 0 radical (unpaired) electrons. The first-order valence-electron chi connectivity index (χ1n) is 10.7. The topological polar surface area (TPSA) is 87.2 Å². The van der Waals surface area contributed by atoms with Crippen LogP contribution < -0.4 is 4.90 Å². The van der Waals surface area contributed by atoms with E-state index in [2.05, 4.69) is 13.5 Å². The Bertz CT molecular complexity index is 937. The van der Waals surface area contributed by atoms with Crippen LogP contribution in [0.4, 0.5) is 5.69 Å². The molecule has 2 fully saturated rings. The monoisotopic (exact) mass is 425 g/mol. The molecular weight excluding hydrogens is 398 g/mol. The number of nitrogens with zero attached hydrogens (tertiary/aromatic N) is 3. The predicted octanol–water partition coefficient (Wildman–Crippen LogP) is 1.95. The molecule has 0 unspecified atom stereocenters. The Morgan fingerprint density at radius 3 is 2.65 bits per heavy atom. The summed E-state index contributed by atoms with van der Waals surface area (Å²) in [6.07, 6.45) is 3.56. The molecule has 2 saturated heterocycles. The van der Waals surface area contributed by atoms with Crippen molar-refractivity contribution in [3.63, 3.8) is 0 Å². The van der Waals surface area contributed by atoms with Gasteiger partial charge in [0.1, 0.15) is 0 Å². The van der Waals surface area contributed by atoms with E-state index >= 15 is 0 Å². The average Bonchev–Trinajstić information content (AvgIpc) is 3.13. The predicted molar refractivity (Wildman–Crippen MR) is 113 cm³/mol. The van der Waals surface area contributed by atoms with Crippen LogP contribution in [0.5, 0.6) is 0 Å². The number of hydrogen-bond donors (Lipinski definition) is 0. The number of anilines is 1. The summed E-state index contributed by atoms with van der Waals surface area (Å²) in [6.45, 7) is 6.80. The van der Waals surface area contributed by atoms with Gasteiger partial charge in [0.15, 0.2) is 6.61 Å². The molecule has 164 valence electrons. The minimum atomic E-state index is -1.60. The summed E-state index contributed by atoms with van der Waals surface area (Å²) in [5.41, 5.74) is -0.863. The van der Waals surface area contributed by atoms with Gasteiger partial charge in [-0.3, -0.25) is 19.3 Å². The molecule has 3 heterocycles. The van der Waals surface area contributed by atoms with Crippen molar-refractivity contribution in [3.8, 4) is 0 Å². The SMILES string of the molecule is C=CCN1C(=O)c2ccccc2N2C(=O)CC[C@]12C(=O)OCC(=O)N1CCC(C)CC1. The normalized spacial score (nSPS) is 23.5. The van der Waals surface area contributed by atoms with Crippen LogP contribution in [0.1, 0.15) is 43.0 Å². The summed E-state index contributed by atoms with van der Waals surface area (Å²) in [4.78, 5) is 56.5. The van der Waals surface area contributed by atoms with E-state index in [0.717, 1.165) is 12.8 Å². The van der Waals surface area contributed by atoms with Crippen LogP contribution in [0.2, 0.25) is 0 Å². The molecule has 3 aliphatic rings. The van der Waals surface area contributed by atoms with E-state index < -0.39 is 18.2 Å². The molecule has 31 heavy (non-hydrogen) atoms. The summed E-state index contributed by atoms with van der Waals surface area (Å²) in [7, 11) is 0. The third-order valence-electron chi connectivity index (χ3n) is 6.48. The highest BCUT2D eigenvalue weighted by Gasteiger charge is 2.61. The summed E-state index contributed by atoms with van der Waals surface area (Å²) < 4.78 is 5.46. The summed E-state index contributed by atoms with van der Waals surface area (Å²) >= 11 is 0. The summed E-state index contributed by atoms with van der Waals surface area (Å²) in [5, 5.41) is 0. The maximum atomic E-state index is 13.4. The maximum Gasteiger partial charge on any atom is 0.354 e. The second-order valence-electron chi connectivity index (χ2n) is 8.41. The first-order valence-corrected chi connectivity index (χ1v) is 10.7. The van der Waals surface area contributed by atoms with Crippen LogP contribution in [0.3, 0.4) is 0 Å². The first kappa shape index (κ1) is 21.1. The minimum absolute atomic E-state index is 0.0734. The standard InChI is InChI=1S/C23H27N3O5/c1-3-12-25-21(29)17-6-4-5-7-18(17)26-19(27)8-11-23(25,26)22(30)31-15-20(28)24-13-9-16(2)10-14-24/h3-7,16H,1,8-15H2,2H3/t23-/m0/s1. The number of likely N-dealkylation sites (tertiary alicyclic amines) is 1. The third-order valence-corrected chi connectivity index (χ3v) is 6.48. The lowest BCUT2D eigenvalue weighted by Gasteiger charge is -2.48. The van der Waals surface area contributed by atoms with Gasteiger partial charge in [0.2, 0.25) is 11.6 Å². The molecule has 8 nitrogen and oxygen atoms in total. The maximum absolute atomic E-state index is 13.4. The number of hydrogen-bond acceptors (Lipinski definition) is 5. The molecule has 0 saturated carbocycles. The van der Waals surface area contributed by atoms with Crippen LogP contribution in [-0.4, -0.2) is 65.4 Å². The average molecular weight is 425 g/mol. The fourth-order valence-electron chi connectivity index (χ4n) is 4.72. The van der Waals surface area contributed by atoms with E-state index in [1.54, 1.807) is 29.2 Å². The number of para-hydroxylation sites is 1. The van der Waals surface area contributed by atoms with Gasteiger partial charge in [0, 0.05) is 32.5 Å². The quantitative estimate of drug-likeness (QED) is 0.532. The Hall–Kier alpha value is -3.16. The molecule has 0 aliphatic carbocycles. The van der Waals surface area contributed by atoms with Gasteiger partial charge >= 0.3 is 5.97 Å². The lowest BCUT2D eigenvalue weighted by molar-refractivity contribution is -0.162. The van der Waals surface area contributed by atoms with Crippen molar-refractivity contribution in [2.24, 2.45) is 5.92 Å². The van der Waals surface area contributed by atoms with Gasteiger partial charge in [0.25, 0.3) is 11.8 Å². The molecule has 3 amide bonds. The molecule has 8 heteroatoms. The second kappa shape index (κ2) is 8.17. The Morgan fingerprint density at radius 1 is 1.23 bits per heavy atom. The van der Waals surface area contributed by atoms with Gasteiger partial charge in [-0.1, -0.05) is 25.1 Å². The molecule has 4 rings (SSSR count). The lowest BCUT2D eigenvalue weighted by atomic mass is 9.96. The zero-order valence-electron chi connectivity index (χ0n) is 17.7. The Balaban J connectivity index is 1.61. The van der Waals surface area contributed by atoms with Crippen molar-refractivity contribution in [2.45, 2.75) is 38.3 Å². The molecule has 0 N–H and O–H groups in total. The highest BCUT2D eigenvalue weighted by Crippen LogP contribution is 2.45. The van der Waals surface area contributed by atoms with Gasteiger partial charge in [-0.25, -0.2) is 4.79 Å². The van der Waals surface area contributed by atoms with Crippen LogP contribution >= 0.6 is 0 Å². The number of carbonyl (C=O) groups is 4. The van der Waals surface area contributed by atoms with E-state index in [4.69, 9.17) is 4.74 Å². The summed E-state index contributed by atoms with van der Waals surface area (Å²) in [5.74, 6) is -1.08. The van der Waals surface area contributed by atoms with E-state index in [0.29, 0.717) is 30.3 Å². The fraction of sp³-hybridized carbons (Fsp3) is 0.478. The van der Waals surface area contributed by atoms with E-state index in [1.807, 2.05) is 0 Å². The van der Waals surface area contributed by atoms with Crippen molar-refractivity contribution in [1.29, 1.82) is 0 Å². The highest BCUT2D eigenvalue weighted by molar-refractivity contribution is 6.15. The first-order chi connectivity index (χ1) is 14.9. The molecular formula is C23H27N3O5. The highest BCUT2D eigenvalue weighted by atomic mass is 16.5. The Morgan fingerprint density at radius 2 is 1.94 bits per heavy atom. The van der Waals surface area contributed by atoms with Gasteiger partial charge in [-0.2, -0.15) is 0 Å². The Kier molecular flexibility index (Phi) is 5.56. The number of esters is 1. The Labute approximate surface area is 181 Å². The number of fused-ring (bicyclic) bond motifs is 3. The van der Waals surface area contributed by atoms with Crippen molar-refractivity contribution in [3.05, 3.63) is 42.5 Å². The largest absolute Gasteiger partial charge is 0.452 e.